The lowest BCUT2D eigenvalue weighted by atomic mass is 9.88. The molecule has 1 saturated heterocycles. The van der Waals surface area contributed by atoms with Gasteiger partial charge >= 0.3 is 0 Å². The molecule has 3 N–H and O–H groups in total. The Morgan fingerprint density at radius 1 is 1.09 bits per heavy atom. The Hall–Kier alpha value is -2.91. The first-order chi connectivity index (χ1) is 15.4. The molecular formula is C23H27N3O5S. The lowest BCUT2D eigenvalue weighted by molar-refractivity contribution is -0.124. The van der Waals surface area contributed by atoms with E-state index >= 15 is 0 Å². The van der Waals surface area contributed by atoms with Crippen LogP contribution in [-0.4, -0.2) is 44.2 Å². The fourth-order valence-corrected chi connectivity index (χ4v) is 5.89. The second-order valence-corrected chi connectivity index (χ2v) is 10.1. The van der Waals surface area contributed by atoms with Gasteiger partial charge < -0.3 is 15.8 Å². The number of aryl methyl sites for hydroxylation is 1. The summed E-state index contributed by atoms with van der Waals surface area (Å²) in [5, 5.41) is 2.98. The zero-order valence-electron chi connectivity index (χ0n) is 17.7. The molecule has 2 aliphatic rings. The molecule has 0 spiro atoms. The van der Waals surface area contributed by atoms with Crippen LogP contribution in [0.15, 0.2) is 47.4 Å². The van der Waals surface area contributed by atoms with Crippen LogP contribution < -0.4 is 15.8 Å². The molecule has 9 heteroatoms. The molecule has 1 aliphatic heterocycles. The zero-order chi connectivity index (χ0) is 22.7. The van der Waals surface area contributed by atoms with Gasteiger partial charge in [0.2, 0.25) is 10.0 Å². The fraction of sp³-hybridized carbons (Fsp3) is 0.391. The topological polar surface area (TPSA) is 119 Å². The van der Waals surface area contributed by atoms with Crippen molar-refractivity contribution in [3.8, 4) is 5.75 Å². The molecular weight excluding hydrogens is 430 g/mol. The second-order valence-electron chi connectivity index (χ2n) is 8.13. The monoisotopic (exact) mass is 457 g/mol. The molecule has 0 saturated carbocycles. The summed E-state index contributed by atoms with van der Waals surface area (Å²) in [6, 6.07) is 11.9. The molecule has 0 radical (unpaired) electrons. The predicted molar refractivity (Wildman–Crippen MR) is 119 cm³/mol. The second kappa shape index (κ2) is 9.30. The average molecular weight is 458 g/mol. The van der Waals surface area contributed by atoms with Crippen molar-refractivity contribution in [3.05, 3.63) is 59.2 Å². The lowest BCUT2D eigenvalue weighted by Crippen LogP contribution is -2.34. The van der Waals surface area contributed by atoms with Gasteiger partial charge in [-0.05, 0) is 61.4 Å². The van der Waals surface area contributed by atoms with Crippen molar-refractivity contribution in [1.82, 2.24) is 9.62 Å². The molecule has 1 heterocycles. The lowest BCUT2D eigenvalue weighted by Gasteiger charge is -2.26. The van der Waals surface area contributed by atoms with E-state index in [0.717, 1.165) is 37.7 Å². The van der Waals surface area contributed by atoms with Gasteiger partial charge in [0.1, 0.15) is 5.75 Å². The van der Waals surface area contributed by atoms with Crippen LogP contribution in [0.3, 0.4) is 0 Å². The van der Waals surface area contributed by atoms with E-state index in [0.29, 0.717) is 13.1 Å². The third kappa shape index (κ3) is 4.63. The molecule has 2 aromatic carbocycles. The van der Waals surface area contributed by atoms with Gasteiger partial charge in [-0.1, -0.05) is 24.3 Å². The number of amides is 2. The van der Waals surface area contributed by atoms with Gasteiger partial charge in [0.25, 0.3) is 11.8 Å². The number of carbonyl (C=O) groups is 2. The van der Waals surface area contributed by atoms with Gasteiger partial charge in [-0.2, -0.15) is 4.31 Å². The number of ether oxygens (including phenoxy) is 1. The van der Waals surface area contributed by atoms with Crippen LogP contribution >= 0.6 is 0 Å². The number of nitrogens with two attached hydrogens (primary N) is 1. The Labute approximate surface area is 187 Å². The van der Waals surface area contributed by atoms with Gasteiger partial charge in [0.05, 0.1) is 16.5 Å². The van der Waals surface area contributed by atoms with Gasteiger partial charge in [-0.25, -0.2) is 8.42 Å². The van der Waals surface area contributed by atoms with Gasteiger partial charge in [-0.15, -0.1) is 0 Å². The summed E-state index contributed by atoms with van der Waals surface area (Å²) >= 11 is 0. The van der Waals surface area contributed by atoms with Crippen molar-refractivity contribution >= 4 is 21.8 Å². The van der Waals surface area contributed by atoms with Gasteiger partial charge in [-0.3, -0.25) is 9.59 Å². The predicted octanol–water partition coefficient (Wildman–Crippen LogP) is 2.14. The summed E-state index contributed by atoms with van der Waals surface area (Å²) in [6.07, 6.45) is 4.45. The Morgan fingerprint density at radius 2 is 1.84 bits per heavy atom. The quantitative estimate of drug-likeness (QED) is 0.660. The third-order valence-electron chi connectivity index (χ3n) is 5.98. The van der Waals surface area contributed by atoms with Crippen LogP contribution in [-0.2, 0) is 21.2 Å². The molecule has 4 rings (SSSR count). The molecule has 0 unspecified atom stereocenters. The summed E-state index contributed by atoms with van der Waals surface area (Å²) in [5.74, 6) is -1.06. The van der Waals surface area contributed by atoms with Crippen LogP contribution in [0.4, 0.5) is 0 Å². The smallest absolute Gasteiger partial charge is 0.258 e. The maximum absolute atomic E-state index is 12.8. The number of fused-ring (bicyclic) bond motifs is 1. The number of rotatable bonds is 7. The summed E-state index contributed by atoms with van der Waals surface area (Å²) in [4.78, 5) is 24.5. The molecule has 1 fully saturated rings. The number of hydrogen-bond donors (Lipinski definition) is 2. The van der Waals surface area contributed by atoms with Gasteiger partial charge in [0, 0.05) is 13.1 Å². The number of primary amides is 1. The highest BCUT2D eigenvalue weighted by atomic mass is 32.2. The Kier molecular flexibility index (Phi) is 6.48. The Balaban J connectivity index is 1.45. The van der Waals surface area contributed by atoms with Crippen LogP contribution in [0.5, 0.6) is 5.75 Å². The minimum absolute atomic E-state index is 0.0104. The van der Waals surface area contributed by atoms with E-state index < -0.39 is 15.9 Å². The van der Waals surface area contributed by atoms with Crippen molar-refractivity contribution in [2.45, 2.75) is 43.0 Å². The van der Waals surface area contributed by atoms with E-state index in [1.54, 1.807) is 0 Å². The standard InChI is InChI=1S/C23H27N3O5S/c24-23(28)19-14-17(32(29,30)26-12-3-4-13-26)10-11-21(19)31-15-22(27)25-20-9-5-7-16-6-1-2-8-18(16)20/h1-2,6,8,10-11,14,20H,3-5,7,9,12-13,15H2,(H2,24,28)(H,25,27)/t20-/m1/s1. The minimum Gasteiger partial charge on any atom is -0.483 e. The maximum atomic E-state index is 12.8. The zero-order valence-corrected chi connectivity index (χ0v) is 18.6. The summed E-state index contributed by atoms with van der Waals surface area (Å²) < 4.78 is 32.5. The highest BCUT2D eigenvalue weighted by Gasteiger charge is 2.28. The molecule has 2 aromatic rings. The summed E-state index contributed by atoms with van der Waals surface area (Å²) in [5.41, 5.74) is 7.74. The molecule has 2 amide bonds. The van der Waals surface area contributed by atoms with E-state index in [9.17, 15) is 18.0 Å². The van der Waals surface area contributed by atoms with E-state index in [1.165, 1.54) is 28.1 Å². The largest absolute Gasteiger partial charge is 0.483 e. The van der Waals surface area contributed by atoms with Crippen molar-refractivity contribution in [2.75, 3.05) is 19.7 Å². The van der Waals surface area contributed by atoms with Crippen LogP contribution in [0.25, 0.3) is 0 Å². The number of carbonyl (C=O) groups excluding carboxylic acids is 2. The first-order valence-electron chi connectivity index (χ1n) is 10.8. The summed E-state index contributed by atoms with van der Waals surface area (Å²) in [6.45, 7) is 0.602. The van der Waals surface area contributed by atoms with Crippen LogP contribution in [0, 0.1) is 0 Å². The van der Waals surface area contributed by atoms with E-state index in [-0.39, 0.29) is 34.8 Å². The molecule has 1 aliphatic carbocycles. The number of benzene rings is 2. The molecule has 32 heavy (non-hydrogen) atoms. The molecule has 0 aromatic heterocycles. The van der Waals surface area contributed by atoms with E-state index in [4.69, 9.17) is 10.5 Å². The van der Waals surface area contributed by atoms with Crippen molar-refractivity contribution in [3.63, 3.8) is 0 Å². The van der Waals surface area contributed by atoms with Crippen LogP contribution in [0.2, 0.25) is 0 Å². The molecule has 0 bridgehead atoms. The molecule has 170 valence electrons. The van der Waals surface area contributed by atoms with E-state index in [2.05, 4.69) is 11.4 Å². The molecule has 1 atom stereocenters. The SMILES string of the molecule is NC(=O)c1cc(S(=O)(=O)N2CCCC2)ccc1OCC(=O)N[C@@H]1CCCc2ccccc21. The number of nitrogens with zero attached hydrogens (tertiary/aromatic N) is 1. The van der Waals surface area contributed by atoms with Crippen LogP contribution in [0.1, 0.15) is 53.2 Å². The van der Waals surface area contributed by atoms with E-state index in [1.807, 2.05) is 18.2 Å². The Bertz CT molecular complexity index is 1130. The first kappa shape index (κ1) is 22.3. The average Bonchev–Trinajstić information content (AvgIpc) is 3.34. The third-order valence-corrected chi connectivity index (χ3v) is 7.88. The van der Waals surface area contributed by atoms with Crippen molar-refractivity contribution < 1.29 is 22.7 Å². The van der Waals surface area contributed by atoms with Crippen molar-refractivity contribution in [2.24, 2.45) is 5.73 Å². The fourth-order valence-electron chi connectivity index (χ4n) is 4.35. The minimum atomic E-state index is -3.70. The number of nitrogens with one attached hydrogen (secondary N) is 1. The summed E-state index contributed by atoms with van der Waals surface area (Å²) in [7, 11) is -3.70. The number of hydrogen-bond acceptors (Lipinski definition) is 5. The van der Waals surface area contributed by atoms with Gasteiger partial charge in [0.15, 0.2) is 6.61 Å². The maximum Gasteiger partial charge on any atom is 0.258 e. The highest BCUT2D eigenvalue weighted by Crippen LogP contribution is 2.30. The highest BCUT2D eigenvalue weighted by molar-refractivity contribution is 7.89. The molecule has 8 nitrogen and oxygen atoms in total. The van der Waals surface area contributed by atoms with Crippen molar-refractivity contribution in [1.29, 1.82) is 0 Å². The normalized spacial score (nSPS) is 18.7. The number of sulfonamides is 1. The Morgan fingerprint density at radius 3 is 2.59 bits per heavy atom. The first-order valence-corrected chi connectivity index (χ1v) is 12.2.